The fourth-order valence-corrected chi connectivity index (χ4v) is 1.67. The van der Waals surface area contributed by atoms with Gasteiger partial charge < -0.3 is 4.90 Å². The summed E-state index contributed by atoms with van der Waals surface area (Å²) < 4.78 is 36.6. The van der Waals surface area contributed by atoms with Gasteiger partial charge in [-0.3, -0.25) is 4.79 Å². The van der Waals surface area contributed by atoms with E-state index in [1.165, 1.54) is 0 Å². The largest absolute Gasteiger partial charge is 0.406 e. The first-order valence-corrected chi connectivity index (χ1v) is 5.93. The molecule has 0 atom stereocenters. The molecule has 1 amide bonds. The van der Waals surface area contributed by atoms with Crippen molar-refractivity contribution < 1.29 is 18.0 Å². The van der Waals surface area contributed by atoms with Crippen molar-refractivity contribution in [2.45, 2.75) is 32.4 Å². The summed E-state index contributed by atoms with van der Waals surface area (Å²) in [6.07, 6.45) is -4.38. The van der Waals surface area contributed by atoms with Gasteiger partial charge in [-0.05, 0) is 23.1 Å². The molecule has 1 aromatic rings. The molecule has 0 bridgehead atoms. The van der Waals surface area contributed by atoms with Crippen molar-refractivity contribution in [3.8, 4) is 0 Å². The number of carbonyl (C=O) groups excluding carboxylic acids is 1. The molecule has 5 heteroatoms. The van der Waals surface area contributed by atoms with E-state index in [0.29, 0.717) is 4.90 Å². The monoisotopic (exact) mass is 273 g/mol. The number of nitrogens with zero attached hydrogens (tertiary/aromatic N) is 1. The Balaban J connectivity index is 2.84. The molecule has 0 aliphatic heterocycles. The Kier molecular flexibility index (Phi) is 4.28. The quantitative estimate of drug-likeness (QED) is 0.806. The van der Waals surface area contributed by atoms with E-state index in [1.54, 1.807) is 24.3 Å². The van der Waals surface area contributed by atoms with Crippen molar-refractivity contribution in [2.24, 2.45) is 0 Å². The van der Waals surface area contributed by atoms with Crippen LogP contribution in [0.5, 0.6) is 0 Å². The summed E-state index contributed by atoms with van der Waals surface area (Å²) in [7, 11) is 1.15. The number of rotatable bonds is 2. The van der Waals surface area contributed by atoms with E-state index in [2.05, 4.69) is 0 Å². The van der Waals surface area contributed by atoms with E-state index in [1.807, 2.05) is 20.8 Å². The van der Waals surface area contributed by atoms with Crippen LogP contribution in [-0.4, -0.2) is 30.6 Å². The molecule has 0 radical (unpaired) electrons. The van der Waals surface area contributed by atoms with E-state index >= 15 is 0 Å². The molecule has 0 saturated carbocycles. The lowest BCUT2D eigenvalue weighted by Gasteiger charge is -2.21. The van der Waals surface area contributed by atoms with Crippen LogP contribution in [0.1, 0.15) is 36.7 Å². The Hall–Kier alpha value is -1.52. The Morgan fingerprint density at radius 1 is 1.11 bits per heavy atom. The van der Waals surface area contributed by atoms with Crippen molar-refractivity contribution in [1.29, 1.82) is 0 Å². The third-order valence-electron chi connectivity index (χ3n) is 2.76. The SMILES string of the molecule is CN(CC(F)(F)F)C(=O)c1ccc(C(C)(C)C)cc1. The van der Waals surface area contributed by atoms with Crippen LogP contribution in [0.25, 0.3) is 0 Å². The predicted molar refractivity (Wildman–Crippen MR) is 68.2 cm³/mol. The molecule has 0 fully saturated rings. The fraction of sp³-hybridized carbons (Fsp3) is 0.500. The summed E-state index contributed by atoms with van der Waals surface area (Å²) in [4.78, 5) is 12.5. The molecular formula is C14H18F3NO. The minimum absolute atomic E-state index is 0.0561. The lowest BCUT2D eigenvalue weighted by molar-refractivity contribution is -0.138. The summed E-state index contributed by atoms with van der Waals surface area (Å²) in [6, 6.07) is 6.68. The average molecular weight is 273 g/mol. The maximum atomic E-state index is 12.2. The van der Waals surface area contributed by atoms with Gasteiger partial charge in [0.15, 0.2) is 0 Å². The van der Waals surface area contributed by atoms with Gasteiger partial charge in [0, 0.05) is 12.6 Å². The minimum Gasteiger partial charge on any atom is -0.333 e. The van der Waals surface area contributed by atoms with Gasteiger partial charge in [0.25, 0.3) is 5.91 Å². The molecule has 0 aromatic heterocycles. The molecule has 1 aromatic carbocycles. The van der Waals surface area contributed by atoms with Crippen molar-refractivity contribution in [3.63, 3.8) is 0 Å². The van der Waals surface area contributed by atoms with E-state index in [4.69, 9.17) is 0 Å². The lowest BCUT2D eigenvalue weighted by Crippen LogP contribution is -2.35. The Labute approximate surface area is 111 Å². The molecule has 2 nitrogen and oxygen atoms in total. The molecule has 19 heavy (non-hydrogen) atoms. The molecule has 0 saturated heterocycles. The van der Waals surface area contributed by atoms with Crippen molar-refractivity contribution in [3.05, 3.63) is 35.4 Å². The zero-order valence-electron chi connectivity index (χ0n) is 11.5. The van der Waals surface area contributed by atoms with Crippen LogP contribution < -0.4 is 0 Å². The fourth-order valence-electron chi connectivity index (χ4n) is 1.67. The molecule has 0 N–H and O–H groups in total. The lowest BCUT2D eigenvalue weighted by atomic mass is 9.86. The first-order chi connectivity index (χ1) is 8.50. The van der Waals surface area contributed by atoms with Gasteiger partial charge in [-0.15, -0.1) is 0 Å². The van der Waals surface area contributed by atoms with Gasteiger partial charge in [-0.25, -0.2) is 0 Å². The topological polar surface area (TPSA) is 20.3 Å². The van der Waals surface area contributed by atoms with Crippen LogP contribution >= 0.6 is 0 Å². The van der Waals surface area contributed by atoms with Crippen molar-refractivity contribution in [1.82, 2.24) is 4.90 Å². The summed E-state index contributed by atoms with van der Waals surface area (Å²) in [5.41, 5.74) is 1.24. The molecule has 106 valence electrons. The number of amides is 1. The summed E-state index contributed by atoms with van der Waals surface area (Å²) in [6.45, 7) is 4.84. The second-order valence-corrected chi connectivity index (χ2v) is 5.60. The van der Waals surface area contributed by atoms with E-state index in [0.717, 1.165) is 12.6 Å². The summed E-state index contributed by atoms with van der Waals surface area (Å²) in [5, 5.41) is 0. The molecule has 0 heterocycles. The van der Waals surface area contributed by atoms with Crippen LogP contribution in [0.2, 0.25) is 0 Å². The van der Waals surface area contributed by atoms with Gasteiger partial charge in [0.1, 0.15) is 6.54 Å². The third kappa shape index (κ3) is 4.58. The average Bonchev–Trinajstić information content (AvgIpc) is 2.24. The predicted octanol–water partition coefficient (Wildman–Crippen LogP) is 3.62. The van der Waals surface area contributed by atoms with Gasteiger partial charge >= 0.3 is 6.18 Å². The number of hydrogen-bond donors (Lipinski definition) is 0. The molecule has 0 aliphatic rings. The molecule has 0 aliphatic carbocycles. The van der Waals surface area contributed by atoms with Gasteiger partial charge in [0.2, 0.25) is 0 Å². The van der Waals surface area contributed by atoms with Crippen LogP contribution in [0.3, 0.4) is 0 Å². The van der Waals surface area contributed by atoms with Crippen LogP contribution in [-0.2, 0) is 5.41 Å². The van der Waals surface area contributed by atoms with E-state index < -0.39 is 18.6 Å². The highest BCUT2D eigenvalue weighted by atomic mass is 19.4. The van der Waals surface area contributed by atoms with Gasteiger partial charge in [-0.2, -0.15) is 13.2 Å². The Morgan fingerprint density at radius 2 is 1.58 bits per heavy atom. The second-order valence-electron chi connectivity index (χ2n) is 5.60. The first kappa shape index (κ1) is 15.5. The number of halogens is 3. The summed E-state index contributed by atoms with van der Waals surface area (Å²) in [5.74, 6) is -0.627. The standard InChI is InChI=1S/C14H18F3NO/c1-13(2,3)11-7-5-10(6-8-11)12(19)18(4)9-14(15,16)17/h5-8H,9H2,1-4H3. The van der Waals surface area contributed by atoms with Crippen LogP contribution in [0.15, 0.2) is 24.3 Å². The second kappa shape index (κ2) is 5.23. The highest BCUT2D eigenvalue weighted by Gasteiger charge is 2.31. The summed E-state index contributed by atoms with van der Waals surface area (Å²) >= 11 is 0. The highest BCUT2D eigenvalue weighted by molar-refractivity contribution is 5.94. The van der Waals surface area contributed by atoms with Gasteiger partial charge in [-0.1, -0.05) is 32.9 Å². The van der Waals surface area contributed by atoms with E-state index in [9.17, 15) is 18.0 Å². The number of benzene rings is 1. The first-order valence-electron chi connectivity index (χ1n) is 5.93. The van der Waals surface area contributed by atoms with Crippen LogP contribution in [0.4, 0.5) is 13.2 Å². The number of carbonyl (C=O) groups is 1. The molecule has 1 rings (SSSR count). The van der Waals surface area contributed by atoms with Gasteiger partial charge in [0.05, 0.1) is 0 Å². The maximum absolute atomic E-state index is 12.2. The number of hydrogen-bond acceptors (Lipinski definition) is 1. The molecular weight excluding hydrogens is 255 g/mol. The highest BCUT2D eigenvalue weighted by Crippen LogP contribution is 2.23. The normalized spacial score (nSPS) is 12.4. The minimum atomic E-state index is -4.38. The maximum Gasteiger partial charge on any atom is 0.406 e. The zero-order valence-corrected chi connectivity index (χ0v) is 11.5. The van der Waals surface area contributed by atoms with Crippen molar-refractivity contribution in [2.75, 3.05) is 13.6 Å². The third-order valence-corrected chi connectivity index (χ3v) is 2.76. The smallest absolute Gasteiger partial charge is 0.333 e. The Morgan fingerprint density at radius 3 is 1.95 bits per heavy atom. The van der Waals surface area contributed by atoms with E-state index in [-0.39, 0.29) is 11.0 Å². The zero-order chi connectivity index (χ0) is 14.8. The Bertz CT molecular complexity index is 443. The van der Waals surface area contributed by atoms with Crippen molar-refractivity contribution >= 4 is 5.91 Å². The molecule has 0 unspecified atom stereocenters. The van der Waals surface area contributed by atoms with Crippen LogP contribution in [0, 0.1) is 0 Å². The molecule has 0 spiro atoms. The number of alkyl halides is 3.